The van der Waals surface area contributed by atoms with E-state index >= 15 is 0 Å². The lowest BCUT2D eigenvalue weighted by Gasteiger charge is -2.50. The Bertz CT molecular complexity index is 1460. The maximum Gasteiger partial charge on any atom is 0.253 e. The highest BCUT2D eigenvalue weighted by Crippen LogP contribution is 2.49. The van der Waals surface area contributed by atoms with E-state index in [1.165, 1.54) is 11.6 Å². The van der Waals surface area contributed by atoms with Gasteiger partial charge in [-0.15, -0.1) is 0 Å². The molecule has 2 N–H and O–H groups in total. The molecule has 0 radical (unpaired) electrons. The summed E-state index contributed by atoms with van der Waals surface area (Å²) in [6.45, 7) is 2.25. The number of halogens is 1. The van der Waals surface area contributed by atoms with Crippen molar-refractivity contribution in [3.63, 3.8) is 0 Å². The van der Waals surface area contributed by atoms with Crippen LogP contribution in [0.3, 0.4) is 0 Å². The van der Waals surface area contributed by atoms with Gasteiger partial charge in [0.2, 0.25) is 0 Å². The van der Waals surface area contributed by atoms with Gasteiger partial charge in [0.25, 0.3) is 5.91 Å². The summed E-state index contributed by atoms with van der Waals surface area (Å²) >= 11 is 0. The molecule has 3 aromatic carbocycles. The maximum absolute atomic E-state index is 14.7. The number of nitrogens with zero attached hydrogens (tertiary/aromatic N) is 2. The summed E-state index contributed by atoms with van der Waals surface area (Å²) in [4.78, 5) is 20.9. The molecule has 0 aliphatic carbocycles. The molecule has 1 fully saturated rings. The molecule has 2 aliphatic rings. The summed E-state index contributed by atoms with van der Waals surface area (Å²) in [5.74, 6) is 0.572. The van der Waals surface area contributed by atoms with E-state index in [2.05, 4.69) is 16.0 Å². The van der Waals surface area contributed by atoms with E-state index in [-0.39, 0.29) is 29.8 Å². The number of aromatic nitrogens is 1. The molecule has 1 amide bonds. The number of H-pyrrole nitrogens is 1. The fraction of sp³-hybridized carbons (Fsp3) is 0.323. The van der Waals surface area contributed by atoms with Crippen LogP contribution in [0.25, 0.3) is 10.9 Å². The van der Waals surface area contributed by atoms with Gasteiger partial charge in [0.15, 0.2) is 0 Å². The van der Waals surface area contributed by atoms with E-state index in [0.717, 1.165) is 35.2 Å². The molecule has 1 aromatic heterocycles. The summed E-state index contributed by atoms with van der Waals surface area (Å²) < 4.78 is 20.2. The van der Waals surface area contributed by atoms with E-state index in [4.69, 9.17) is 4.74 Å². The van der Waals surface area contributed by atoms with Crippen molar-refractivity contribution in [1.82, 2.24) is 14.8 Å². The quantitative estimate of drug-likeness (QED) is 0.392. The number of nitrogens with one attached hydrogen (secondary N) is 1. The molecule has 6 rings (SSSR count). The van der Waals surface area contributed by atoms with E-state index in [1.807, 2.05) is 59.5 Å². The van der Waals surface area contributed by atoms with Gasteiger partial charge >= 0.3 is 0 Å². The number of aliphatic hydroxyl groups excluding tert-OH is 1. The van der Waals surface area contributed by atoms with Gasteiger partial charge in [0, 0.05) is 65.4 Å². The number of fused-ring (bicyclic) bond motifs is 4. The van der Waals surface area contributed by atoms with E-state index in [0.29, 0.717) is 37.3 Å². The van der Waals surface area contributed by atoms with Gasteiger partial charge in [-0.25, -0.2) is 4.39 Å². The van der Waals surface area contributed by atoms with E-state index in [1.54, 1.807) is 13.2 Å². The average Bonchev–Trinajstić information content (AvgIpc) is 3.34. The molecule has 7 heteroatoms. The molecule has 0 saturated carbocycles. The van der Waals surface area contributed by atoms with Crippen LogP contribution < -0.4 is 4.74 Å². The Morgan fingerprint density at radius 3 is 2.53 bits per heavy atom. The van der Waals surface area contributed by atoms with Gasteiger partial charge in [0.05, 0.1) is 19.8 Å². The van der Waals surface area contributed by atoms with Crippen molar-refractivity contribution in [1.29, 1.82) is 0 Å². The Morgan fingerprint density at radius 2 is 1.82 bits per heavy atom. The molecule has 3 heterocycles. The largest absolute Gasteiger partial charge is 0.497 e. The first-order valence-corrected chi connectivity index (χ1v) is 13.2. The van der Waals surface area contributed by atoms with Gasteiger partial charge < -0.3 is 19.7 Å². The van der Waals surface area contributed by atoms with Crippen molar-refractivity contribution in [2.75, 3.05) is 33.4 Å². The number of aromatic amines is 1. The topological polar surface area (TPSA) is 68.8 Å². The molecule has 4 aromatic rings. The monoisotopic (exact) mass is 513 g/mol. The summed E-state index contributed by atoms with van der Waals surface area (Å²) in [6, 6.07) is 22.0. The van der Waals surface area contributed by atoms with Crippen LogP contribution in [0.15, 0.2) is 72.8 Å². The molecule has 2 aliphatic heterocycles. The highest BCUT2D eigenvalue weighted by atomic mass is 19.1. The van der Waals surface area contributed by atoms with Crippen molar-refractivity contribution in [3.05, 3.63) is 101 Å². The lowest BCUT2D eigenvalue weighted by Crippen LogP contribution is -2.54. The van der Waals surface area contributed by atoms with Crippen LogP contribution in [0, 0.1) is 5.82 Å². The van der Waals surface area contributed by atoms with Gasteiger partial charge in [-0.3, -0.25) is 9.69 Å². The van der Waals surface area contributed by atoms with Crippen molar-refractivity contribution < 1.29 is 19.0 Å². The highest BCUT2D eigenvalue weighted by molar-refractivity contribution is 5.94. The number of aliphatic hydroxyl groups is 1. The normalized spacial score (nSPS) is 19.0. The van der Waals surface area contributed by atoms with Gasteiger partial charge in [-0.2, -0.15) is 0 Å². The highest BCUT2D eigenvalue weighted by Gasteiger charge is 2.48. The molecule has 1 saturated heterocycles. The Balaban J connectivity index is 1.40. The molecule has 196 valence electrons. The van der Waals surface area contributed by atoms with Crippen molar-refractivity contribution >= 4 is 16.8 Å². The van der Waals surface area contributed by atoms with Crippen LogP contribution in [-0.2, 0) is 12.0 Å². The maximum atomic E-state index is 14.7. The predicted molar refractivity (Wildman–Crippen MR) is 145 cm³/mol. The number of amides is 1. The third-order valence-corrected chi connectivity index (χ3v) is 8.38. The smallest absolute Gasteiger partial charge is 0.253 e. The van der Waals surface area contributed by atoms with Crippen LogP contribution in [0.5, 0.6) is 5.75 Å². The summed E-state index contributed by atoms with van der Waals surface area (Å²) in [6.07, 6.45) is 1.56. The number of carbonyl (C=O) groups is 1. The fourth-order valence-electron chi connectivity index (χ4n) is 6.43. The average molecular weight is 514 g/mol. The van der Waals surface area contributed by atoms with Gasteiger partial charge in [-0.1, -0.05) is 36.4 Å². The first-order valence-electron chi connectivity index (χ1n) is 13.2. The Kier molecular flexibility index (Phi) is 6.41. The number of methoxy groups -OCH3 is 1. The number of carbonyl (C=O) groups excluding carboxylic acids is 1. The van der Waals surface area contributed by atoms with Crippen LogP contribution in [0.1, 0.15) is 46.1 Å². The third-order valence-electron chi connectivity index (χ3n) is 8.38. The second-order valence-electron chi connectivity index (χ2n) is 10.5. The molecule has 1 atom stereocenters. The van der Waals surface area contributed by atoms with Crippen LogP contribution in [-0.4, -0.2) is 59.1 Å². The summed E-state index contributed by atoms with van der Waals surface area (Å²) in [5, 5.41) is 11.7. The summed E-state index contributed by atoms with van der Waals surface area (Å²) in [7, 11) is 1.65. The third kappa shape index (κ3) is 4.16. The van der Waals surface area contributed by atoms with Crippen LogP contribution >= 0.6 is 0 Å². The first kappa shape index (κ1) is 24.6. The molecule has 6 nitrogen and oxygen atoms in total. The number of ether oxygens (including phenoxy) is 1. The number of hydrogen-bond donors (Lipinski definition) is 2. The molecular formula is C31H32FN3O3. The molecule has 1 unspecified atom stereocenters. The van der Waals surface area contributed by atoms with Gasteiger partial charge in [0.1, 0.15) is 11.6 Å². The number of rotatable bonds is 5. The zero-order valence-corrected chi connectivity index (χ0v) is 21.5. The minimum Gasteiger partial charge on any atom is -0.497 e. The predicted octanol–water partition coefficient (Wildman–Crippen LogP) is 5.04. The fourth-order valence-corrected chi connectivity index (χ4v) is 6.43. The molecule has 38 heavy (non-hydrogen) atoms. The molecular weight excluding hydrogens is 481 g/mol. The van der Waals surface area contributed by atoms with E-state index < -0.39 is 0 Å². The molecule has 1 spiro atoms. The van der Waals surface area contributed by atoms with Crippen LogP contribution in [0.4, 0.5) is 4.39 Å². The van der Waals surface area contributed by atoms with Crippen molar-refractivity contribution in [2.24, 2.45) is 0 Å². The minimum atomic E-state index is -0.294. The van der Waals surface area contributed by atoms with Crippen molar-refractivity contribution in [2.45, 2.75) is 30.8 Å². The number of benzene rings is 3. The summed E-state index contributed by atoms with van der Waals surface area (Å²) in [5.41, 5.74) is 4.22. The number of piperidine rings is 1. The Morgan fingerprint density at radius 1 is 1.08 bits per heavy atom. The zero-order valence-electron chi connectivity index (χ0n) is 21.5. The standard InChI is InChI=1S/C31H32FN3O3/c1-38-23-11-12-24-26(17-23)33-29-27(19-36)35(18-22-9-5-6-10-25(22)32)20-31(28(24)29)13-15-34(16-14-31)30(37)21-7-3-2-4-8-21/h2-12,17,27,33,36H,13-16,18-20H2,1H3. The lowest BCUT2D eigenvalue weighted by molar-refractivity contribution is 0.0382. The zero-order chi connectivity index (χ0) is 26.3. The second-order valence-corrected chi connectivity index (χ2v) is 10.5. The van der Waals surface area contributed by atoms with Gasteiger partial charge in [-0.05, 0) is 48.7 Å². The van der Waals surface area contributed by atoms with E-state index in [9.17, 15) is 14.3 Å². The second kappa shape index (κ2) is 9.89. The SMILES string of the molecule is COc1ccc2c3c([nH]c2c1)C(CO)N(Cc1ccccc1F)CC31CCN(C(=O)c2ccccc2)CC1. The molecule has 0 bridgehead atoms. The number of hydrogen-bond acceptors (Lipinski definition) is 4. The van der Waals surface area contributed by atoms with Crippen LogP contribution in [0.2, 0.25) is 0 Å². The lowest BCUT2D eigenvalue weighted by atomic mass is 9.68. The van der Waals surface area contributed by atoms with Crippen molar-refractivity contribution in [3.8, 4) is 5.75 Å². The first-order chi connectivity index (χ1) is 18.5. The minimum absolute atomic E-state index is 0.0524. The Hall–Kier alpha value is -3.68. The Labute approximate surface area is 221 Å². The number of likely N-dealkylation sites (tertiary alicyclic amines) is 1.